The number of aryl methyl sites for hydroxylation is 1. The van der Waals surface area contributed by atoms with E-state index in [4.69, 9.17) is 4.74 Å². The highest BCUT2D eigenvalue weighted by molar-refractivity contribution is 6.02. The van der Waals surface area contributed by atoms with Crippen LogP contribution >= 0.6 is 0 Å². The lowest BCUT2D eigenvalue weighted by Gasteiger charge is -2.29. The van der Waals surface area contributed by atoms with Crippen LogP contribution in [0.3, 0.4) is 0 Å². The Kier molecular flexibility index (Phi) is 5.35. The van der Waals surface area contributed by atoms with E-state index < -0.39 is 5.97 Å². The van der Waals surface area contributed by atoms with Gasteiger partial charge < -0.3 is 10.1 Å². The number of esters is 1. The van der Waals surface area contributed by atoms with Crippen LogP contribution in [0.15, 0.2) is 29.1 Å². The van der Waals surface area contributed by atoms with E-state index >= 15 is 0 Å². The molecule has 7 nitrogen and oxygen atoms in total. The van der Waals surface area contributed by atoms with E-state index in [9.17, 15) is 14.4 Å². The minimum Gasteiger partial charge on any atom is -0.451 e. The second-order valence-electron chi connectivity index (χ2n) is 6.83. The summed E-state index contributed by atoms with van der Waals surface area (Å²) in [5, 5.41) is 7.75. The Morgan fingerprint density at radius 3 is 2.65 bits per heavy atom. The predicted octanol–water partition coefficient (Wildman–Crippen LogP) is 1.79. The Morgan fingerprint density at radius 1 is 1.23 bits per heavy atom. The summed E-state index contributed by atoms with van der Waals surface area (Å²) in [6.45, 7) is 1.76. The molecule has 0 saturated heterocycles. The SMILES string of the molecule is C[C@H]1CCCC[C@@H]1NC(=O)COC(=O)c1nn(C)c(=O)c2ccccc12. The highest BCUT2D eigenvalue weighted by Gasteiger charge is 2.24. The highest BCUT2D eigenvalue weighted by atomic mass is 16.5. The first kappa shape index (κ1) is 18.1. The van der Waals surface area contributed by atoms with Gasteiger partial charge in [0, 0.05) is 18.5 Å². The number of benzene rings is 1. The van der Waals surface area contributed by atoms with Crippen LogP contribution in [0.1, 0.15) is 43.1 Å². The summed E-state index contributed by atoms with van der Waals surface area (Å²) in [5.41, 5.74) is -0.261. The zero-order valence-electron chi connectivity index (χ0n) is 15.0. The molecule has 1 fully saturated rings. The largest absolute Gasteiger partial charge is 0.451 e. The molecule has 0 spiro atoms. The summed E-state index contributed by atoms with van der Waals surface area (Å²) < 4.78 is 6.24. The number of nitrogens with one attached hydrogen (secondary N) is 1. The monoisotopic (exact) mass is 357 g/mol. The number of carbonyl (C=O) groups excluding carboxylic acids is 2. The molecule has 1 N–H and O–H groups in total. The Morgan fingerprint density at radius 2 is 1.92 bits per heavy atom. The molecular weight excluding hydrogens is 334 g/mol. The smallest absolute Gasteiger partial charge is 0.359 e. The van der Waals surface area contributed by atoms with Gasteiger partial charge in [0.05, 0.1) is 5.39 Å². The van der Waals surface area contributed by atoms with E-state index in [1.54, 1.807) is 24.3 Å². The Hall–Kier alpha value is -2.70. The molecule has 7 heteroatoms. The molecule has 1 saturated carbocycles. The van der Waals surface area contributed by atoms with Gasteiger partial charge in [0.1, 0.15) is 0 Å². The van der Waals surface area contributed by atoms with Crippen LogP contribution in [0.25, 0.3) is 10.8 Å². The maximum absolute atomic E-state index is 12.4. The molecule has 2 atom stereocenters. The van der Waals surface area contributed by atoms with Crippen molar-refractivity contribution in [1.82, 2.24) is 15.1 Å². The fourth-order valence-electron chi connectivity index (χ4n) is 3.43. The lowest BCUT2D eigenvalue weighted by molar-refractivity contribution is -0.125. The minimum absolute atomic E-state index is 0.0292. The third-order valence-corrected chi connectivity index (χ3v) is 4.94. The molecule has 0 aliphatic heterocycles. The van der Waals surface area contributed by atoms with Crippen molar-refractivity contribution in [3.63, 3.8) is 0 Å². The minimum atomic E-state index is -0.719. The molecule has 1 aliphatic carbocycles. The number of hydrogen-bond acceptors (Lipinski definition) is 5. The van der Waals surface area contributed by atoms with Gasteiger partial charge >= 0.3 is 5.97 Å². The number of aromatic nitrogens is 2. The van der Waals surface area contributed by atoms with Crippen LogP contribution in [0, 0.1) is 5.92 Å². The first-order chi connectivity index (χ1) is 12.5. The third-order valence-electron chi connectivity index (χ3n) is 4.94. The normalized spacial score (nSPS) is 19.9. The highest BCUT2D eigenvalue weighted by Crippen LogP contribution is 2.23. The van der Waals surface area contributed by atoms with Crippen molar-refractivity contribution in [2.24, 2.45) is 13.0 Å². The van der Waals surface area contributed by atoms with Gasteiger partial charge in [-0.1, -0.05) is 38.0 Å². The first-order valence-corrected chi connectivity index (χ1v) is 8.90. The van der Waals surface area contributed by atoms with E-state index in [1.165, 1.54) is 13.5 Å². The Balaban J connectivity index is 1.69. The molecule has 0 radical (unpaired) electrons. The van der Waals surface area contributed by atoms with Crippen molar-refractivity contribution in [1.29, 1.82) is 0 Å². The summed E-state index contributed by atoms with van der Waals surface area (Å²) in [6.07, 6.45) is 4.34. The number of carbonyl (C=O) groups is 2. The fraction of sp³-hybridized carbons (Fsp3) is 0.474. The van der Waals surface area contributed by atoms with Crippen molar-refractivity contribution in [2.45, 2.75) is 38.6 Å². The quantitative estimate of drug-likeness (QED) is 0.843. The Labute approximate surface area is 151 Å². The predicted molar refractivity (Wildman–Crippen MR) is 96.8 cm³/mol. The molecule has 2 aromatic rings. The molecule has 0 unspecified atom stereocenters. The maximum Gasteiger partial charge on any atom is 0.359 e. The average molecular weight is 357 g/mol. The molecule has 138 valence electrons. The van der Waals surface area contributed by atoms with E-state index in [0.29, 0.717) is 16.7 Å². The van der Waals surface area contributed by atoms with E-state index in [0.717, 1.165) is 23.9 Å². The summed E-state index contributed by atoms with van der Waals surface area (Å²) in [5.74, 6) is -0.604. The van der Waals surface area contributed by atoms with Gasteiger partial charge in [-0.3, -0.25) is 9.59 Å². The van der Waals surface area contributed by atoms with Crippen LogP contribution in [0.5, 0.6) is 0 Å². The van der Waals surface area contributed by atoms with Crippen LogP contribution in [-0.4, -0.2) is 34.3 Å². The van der Waals surface area contributed by atoms with Crippen molar-refractivity contribution < 1.29 is 14.3 Å². The second-order valence-corrected chi connectivity index (χ2v) is 6.83. The van der Waals surface area contributed by atoms with Crippen molar-refractivity contribution >= 4 is 22.6 Å². The molecule has 1 aromatic carbocycles. The zero-order valence-corrected chi connectivity index (χ0v) is 15.0. The van der Waals surface area contributed by atoms with Gasteiger partial charge in [0.25, 0.3) is 11.5 Å². The summed E-state index contributed by atoms with van der Waals surface area (Å²) in [6, 6.07) is 6.85. The first-order valence-electron chi connectivity index (χ1n) is 8.90. The maximum atomic E-state index is 12.4. The zero-order chi connectivity index (χ0) is 18.7. The number of amides is 1. The number of fused-ring (bicyclic) bond motifs is 1. The molecule has 1 heterocycles. The lowest BCUT2D eigenvalue weighted by atomic mass is 9.86. The van der Waals surface area contributed by atoms with Gasteiger partial charge in [-0.2, -0.15) is 5.10 Å². The topological polar surface area (TPSA) is 90.3 Å². The Bertz CT molecular complexity index is 890. The van der Waals surface area contributed by atoms with Gasteiger partial charge in [-0.15, -0.1) is 0 Å². The van der Waals surface area contributed by atoms with Gasteiger partial charge in [-0.25, -0.2) is 9.48 Å². The molecule has 3 rings (SSSR count). The van der Waals surface area contributed by atoms with E-state index in [-0.39, 0.29) is 29.8 Å². The van der Waals surface area contributed by atoms with Crippen molar-refractivity contribution in [3.8, 4) is 0 Å². The summed E-state index contributed by atoms with van der Waals surface area (Å²) in [4.78, 5) is 36.6. The second kappa shape index (κ2) is 7.68. The summed E-state index contributed by atoms with van der Waals surface area (Å²) in [7, 11) is 1.47. The standard InChI is InChI=1S/C19H23N3O4/c1-12-7-3-6-10-15(12)20-16(23)11-26-19(25)17-13-8-4-5-9-14(13)18(24)22(2)21-17/h4-5,8-9,12,15H,3,6-7,10-11H2,1-2H3,(H,20,23)/t12-,15-/m0/s1. The number of rotatable bonds is 4. The molecule has 26 heavy (non-hydrogen) atoms. The van der Waals surface area contributed by atoms with Crippen LogP contribution in [-0.2, 0) is 16.6 Å². The molecule has 1 aliphatic rings. The van der Waals surface area contributed by atoms with Crippen molar-refractivity contribution in [2.75, 3.05) is 6.61 Å². The van der Waals surface area contributed by atoms with Gasteiger partial charge in [0.15, 0.2) is 12.3 Å². The van der Waals surface area contributed by atoms with E-state index in [2.05, 4.69) is 17.3 Å². The molecule has 1 aromatic heterocycles. The number of nitrogens with zero attached hydrogens (tertiary/aromatic N) is 2. The fourth-order valence-corrected chi connectivity index (χ4v) is 3.43. The van der Waals surface area contributed by atoms with E-state index in [1.807, 2.05) is 0 Å². The average Bonchev–Trinajstić information content (AvgIpc) is 2.64. The molecular formula is C19H23N3O4. The molecule has 0 bridgehead atoms. The van der Waals surface area contributed by atoms with Crippen LogP contribution in [0.4, 0.5) is 0 Å². The third kappa shape index (κ3) is 3.76. The number of hydrogen-bond donors (Lipinski definition) is 1. The lowest BCUT2D eigenvalue weighted by Crippen LogP contribution is -2.43. The van der Waals surface area contributed by atoms with Crippen molar-refractivity contribution in [3.05, 3.63) is 40.3 Å². The van der Waals surface area contributed by atoms with Gasteiger partial charge in [-0.05, 0) is 24.8 Å². The summed E-state index contributed by atoms with van der Waals surface area (Å²) >= 11 is 0. The number of ether oxygens (including phenoxy) is 1. The van der Waals surface area contributed by atoms with Gasteiger partial charge in [0.2, 0.25) is 0 Å². The van der Waals surface area contributed by atoms with Crippen LogP contribution < -0.4 is 10.9 Å². The van der Waals surface area contributed by atoms with Crippen LogP contribution in [0.2, 0.25) is 0 Å². The molecule has 1 amide bonds.